The summed E-state index contributed by atoms with van der Waals surface area (Å²) in [6.07, 6.45) is 1.86. The van der Waals surface area contributed by atoms with Crippen LogP contribution in [0.25, 0.3) is 16.8 Å². The Kier molecular flexibility index (Phi) is 6.28. The molecule has 1 amide bonds. The number of ether oxygens (including phenoxy) is 2. The molecule has 0 N–H and O–H groups in total. The number of likely N-dealkylation sites (N-methyl/N-ethyl adjacent to an activating group) is 1. The quantitative estimate of drug-likeness (QED) is 0.493. The molecular weight excluding hydrogens is 408 g/mol. The van der Waals surface area contributed by atoms with Gasteiger partial charge in [0.25, 0.3) is 5.91 Å². The van der Waals surface area contributed by atoms with Crippen LogP contribution in [0.1, 0.15) is 18.1 Å². The molecule has 158 valence electrons. The van der Waals surface area contributed by atoms with Gasteiger partial charge in [0.05, 0.1) is 11.5 Å². The standard InChI is InChI=1S/C25H24N2O3S/c1-4-29-22-14-17(15-23-24(28)27(3)25(26-2)31-23)12-13-21(22)30-16-19-10-7-9-18-8-5-6-11-20(18)19/h5-15H,4,16H2,1-3H3/b23-15-,26-25?. The molecular formula is C25H24N2O3S. The molecule has 1 heterocycles. The fraction of sp³-hybridized carbons (Fsp3) is 0.200. The molecule has 1 aliphatic rings. The van der Waals surface area contributed by atoms with Gasteiger partial charge in [-0.05, 0) is 58.8 Å². The molecule has 5 nitrogen and oxygen atoms in total. The number of benzene rings is 3. The van der Waals surface area contributed by atoms with Crippen molar-refractivity contribution in [2.75, 3.05) is 20.7 Å². The Balaban J connectivity index is 1.58. The van der Waals surface area contributed by atoms with Crippen LogP contribution in [0.15, 0.2) is 70.6 Å². The number of carbonyl (C=O) groups is 1. The van der Waals surface area contributed by atoms with Gasteiger partial charge in [0, 0.05) is 14.1 Å². The monoisotopic (exact) mass is 432 g/mol. The molecule has 0 unspecified atom stereocenters. The van der Waals surface area contributed by atoms with E-state index in [0.29, 0.717) is 34.8 Å². The Morgan fingerprint density at radius 2 is 1.84 bits per heavy atom. The summed E-state index contributed by atoms with van der Waals surface area (Å²) in [5.74, 6) is 1.28. The van der Waals surface area contributed by atoms with Crippen molar-refractivity contribution in [2.24, 2.45) is 4.99 Å². The number of fused-ring (bicyclic) bond motifs is 1. The van der Waals surface area contributed by atoms with Crippen molar-refractivity contribution in [3.63, 3.8) is 0 Å². The summed E-state index contributed by atoms with van der Waals surface area (Å²) in [5.41, 5.74) is 2.00. The van der Waals surface area contributed by atoms with E-state index in [0.717, 1.165) is 11.1 Å². The first-order chi connectivity index (χ1) is 15.1. The van der Waals surface area contributed by atoms with Gasteiger partial charge in [0.15, 0.2) is 16.7 Å². The average Bonchev–Trinajstić information content (AvgIpc) is 3.06. The smallest absolute Gasteiger partial charge is 0.266 e. The highest BCUT2D eigenvalue weighted by Gasteiger charge is 2.29. The Bertz CT molecular complexity index is 1180. The minimum Gasteiger partial charge on any atom is -0.490 e. The van der Waals surface area contributed by atoms with E-state index in [1.807, 2.05) is 49.4 Å². The highest BCUT2D eigenvalue weighted by atomic mass is 32.2. The third-order valence-corrected chi connectivity index (χ3v) is 6.17. The summed E-state index contributed by atoms with van der Waals surface area (Å²) in [6.45, 7) is 2.90. The van der Waals surface area contributed by atoms with Crippen LogP contribution in [-0.2, 0) is 11.4 Å². The number of carbonyl (C=O) groups excluding carboxylic acids is 1. The zero-order valence-electron chi connectivity index (χ0n) is 17.8. The first-order valence-electron chi connectivity index (χ1n) is 10.1. The molecule has 3 aromatic rings. The lowest BCUT2D eigenvalue weighted by Gasteiger charge is -2.14. The van der Waals surface area contributed by atoms with Crippen LogP contribution < -0.4 is 9.47 Å². The molecule has 31 heavy (non-hydrogen) atoms. The summed E-state index contributed by atoms with van der Waals surface area (Å²) >= 11 is 1.37. The van der Waals surface area contributed by atoms with E-state index in [1.165, 1.54) is 22.5 Å². The Labute approximate surface area is 186 Å². The van der Waals surface area contributed by atoms with E-state index in [9.17, 15) is 4.79 Å². The summed E-state index contributed by atoms with van der Waals surface area (Å²) in [5, 5.41) is 3.06. The topological polar surface area (TPSA) is 51.1 Å². The molecule has 0 saturated carbocycles. The molecule has 1 saturated heterocycles. The lowest BCUT2D eigenvalue weighted by atomic mass is 10.1. The predicted octanol–water partition coefficient (Wildman–Crippen LogP) is 5.35. The Morgan fingerprint density at radius 3 is 2.61 bits per heavy atom. The lowest BCUT2D eigenvalue weighted by Crippen LogP contribution is -2.23. The number of hydrogen-bond donors (Lipinski definition) is 0. The molecule has 0 aromatic heterocycles. The highest BCUT2D eigenvalue weighted by Crippen LogP contribution is 2.34. The summed E-state index contributed by atoms with van der Waals surface area (Å²) in [4.78, 5) is 18.8. The van der Waals surface area contributed by atoms with Gasteiger partial charge in [-0.15, -0.1) is 0 Å². The number of hydrogen-bond acceptors (Lipinski definition) is 5. The fourth-order valence-corrected chi connectivity index (χ4v) is 4.40. The maximum absolute atomic E-state index is 12.4. The van der Waals surface area contributed by atoms with Crippen molar-refractivity contribution in [1.29, 1.82) is 0 Å². The molecule has 3 aromatic carbocycles. The second kappa shape index (κ2) is 9.27. The van der Waals surface area contributed by atoms with Crippen LogP contribution in [0.2, 0.25) is 0 Å². The van der Waals surface area contributed by atoms with Crippen molar-refractivity contribution in [1.82, 2.24) is 4.90 Å². The van der Waals surface area contributed by atoms with Crippen LogP contribution in [0.3, 0.4) is 0 Å². The molecule has 0 radical (unpaired) electrons. The van der Waals surface area contributed by atoms with Crippen LogP contribution in [0.5, 0.6) is 11.5 Å². The minimum atomic E-state index is -0.0557. The highest BCUT2D eigenvalue weighted by molar-refractivity contribution is 8.18. The number of aliphatic imine (C=N–C) groups is 1. The largest absolute Gasteiger partial charge is 0.490 e. The first kappa shape index (κ1) is 21.0. The Morgan fingerprint density at radius 1 is 1.03 bits per heavy atom. The van der Waals surface area contributed by atoms with Gasteiger partial charge in [-0.3, -0.25) is 14.7 Å². The predicted molar refractivity (Wildman–Crippen MR) is 128 cm³/mol. The van der Waals surface area contributed by atoms with Gasteiger partial charge in [-0.2, -0.15) is 0 Å². The third kappa shape index (κ3) is 4.44. The second-order valence-corrected chi connectivity index (χ2v) is 8.06. The average molecular weight is 433 g/mol. The van der Waals surface area contributed by atoms with Crippen LogP contribution in [0, 0.1) is 0 Å². The van der Waals surface area contributed by atoms with Crippen molar-refractivity contribution in [2.45, 2.75) is 13.5 Å². The third-order valence-electron chi connectivity index (χ3n) is 5.02. The van der Waals surface area contributed by atoms with E-state index >= 15 is 0 Å². The minimum absolute atomic E-state index is 0.0557. The maximum atomic E-state index is 12.4. The van der Waals surface area contributed by atoms with Gasteiger partial charge in [0.2, 0.25) is 0 Å². The molecule has 0 bridgehead atoms. The number of nitrogens with zero attached hydrogens (tertiary/aromatic N) is 2. The number of amidine groups is 1. The van der Waals surface area contributed by atoms with Gasteiger partial charge >= 0.3 is 0 Å². The number of rotatable bonds is 6. The summed E-state index contributed by atoms with van der Waals surface area (Å²) in [7, 11) is 3.42. The molecule has 4 rings (SSSR count). The number of thioether (sulfide) groups is 1. The van der Waals surface area contributed by atoms with Crippen LogP contribution >= 0.6 is 11.8 Å². The molecule has 0 atom stereocenters. The van der Waals surface area contributed by atoms with E-state index in [1.54, 1.807) is 19.0 Å². The Hall–Kier alpha value is -3.25. The SMILES string of the molecule is CCOc1cc(/C=C2\SC(=NC)N(C)C2=O)ccc1OCc1cccc2ccccc12. The second-order valence-electron chi connectivity index (χ2n) is 7.05. The van der Waals surface area contributed by atoms with Crippen LogP contribution in [-0.4, -0.2) is 36.7 Å². The van der Waals surface area contributed by atoms with E-state index in [4.69, 9.17) is 9.47 Å². The van der Waals surface area contributed by atoms with Crippen molar-refractivity contribution < 1.29 is 14.3 Å². The van der Waals surface area contributed by atoms with Crippen LogP contribution in [0.4, 0.5) is 0 Å². The maximum Gasteiger partial charge on any atom is 0.266 e. The first-order valence-corrected chi connectivity index (χ1v) is 10.9. The van der Waals surface area contributed by atoms with E-state index in [2.05, 4.69) is 29.3 Å². The van der Waals surface area contributed by atoms with Gasteiger partial charge in [-0.25, -0.2) is 0 Å². The van der Waals surface area contributed by atoms with Gasteiger partial charge < -0.3 is 9.47 Å². The van der Waals surface area contributed by atoms with Gasteiger partial charge in [-0.1, -0.05) is 48.5 Å². The molecule has 1 fully saturated rings. The lowest BCUT2D eigenvalue weighted by molar-refractivity contribution is -0.121. The van der Waals surface area contributed by atoms with E-state index < -0.39 is 0 Å². The molecule has 1 aliphatic heterocycles. The van der Waals surface area contributed by atoms with Crippen molar-refractivity contribution in [3.05, 3.63) is 76.7 Å². The van der Waals surface area contributed by atoms with Gasteiger partial charge in [0.1, 0.15) is 6.61 Å². The van der Waals surface area contributed by atoms with E-state index in [-0.39, 0.29) is 5.91 Å². The zero-order valence-corrected chi connectivity index (χ0v) is 18.6. The zero-order chi connectivity index (χ0) is 21.8. The number of amides is 1. The molecule has 6 heteroatoms. The normalized spacial score (nSPS) is 16.5. The summed E-state index contributed by atoms with van der Waals surface area (Å²) in [6, 6.07) is 20.2. The van der Waals surface area contributed by atoms with Crippen molar-refractivity contribution in [3.8, 4) is 11.5 Å². The molecule has 0 aliphatic carbocycles. The fourth-order valence-electron chi connectivity index (χ4n) is 3.48. The molecule has 0 spiro atoms. The summed E-state index contributed by atoms with van der Waals surface area (Å²) < 4.78 is 12.0. The van der Waals surface area contributed by atoms with Crippen molar-refractivity contribution >= 4 is 39.7 Å².